The van der Waals surface area contributed by atoms with E-state index in [9.17, 15) is 4.39 Å². The fourth-order valence-electron chi connectivity index (χ4n) is 2.45. The number of nitrogens with zero attached hydrogens (tertiary/aromatic N) is 1. The number of halogens is 1. The van der Waals surface area contributed by atoms with Crippen LogP contribution in [-0.2, 0) is 0 Å². The van der Waals surface area contributed by atoms with E-state index in [0.717, 1.165) is 30.3 Å². The van der Waals surface area contributed by atoms with Crippen molar-refractivity contribution in [1.29, 1.82) is 0 Å². The second-order valence-corrected chi connectivity index (χ2v) is 5.53. The van der Waals surface area contributed by atoms with Gasteiger partial charge < -0.3 is 4.90 Å². The Labute approximate surface area is 104 Å². The second kappa shape index (κ2) is 5.07. The molecule has 0 aromatic heterocycles. The summed E-state index contributed by atoms with van der Waals surface area (Å²) >= 11 is 0. The standard InChI is InChI=1S/C15H22FN/c1-11(2)14-5-4-13(10-15(14)16)17-8-6-12(3)7-9-17/h4-5,10-12H,6-9H2,1-3H3. The third-order valence-electron chi connectivity index (χ3n) is 3.75. The van der Waals surface area contributed by atoms with E-state index in [1.54, 1.807) is 6.07 Å². The van der Waals surface area contributed by atoms with Gasteiger partial charge in [-0.15, -0.1) is 0 Å². The van der Waals surface area contributed by atoms with Crippen molar-refractivity contribution in [3.63, 3.8) is 0 Å². The summed E-state index contributed by atoms with van der Waals surface area (Å²) in [6.45, 7) is 8.46. The van der Waals surface area contributed by atoms with Crippen LogP contribution in [0.2, 0.25) is 0 Å². The summed E-state index contributed by atoms with van der Waals surface area (Å²) in [7, 11) is 0. The molecule has 1 fully saturated rings. The summed E-state index contributed by atoms with van der Waals surface area (Å²) in [4.78, 5) is 2.30. The first kappa shape index (κ1) is 12.4. The van der Waals surface area contributed by atoms with Gasteiger partial charge >= 0.3 is 0 Å². The molecule has 17 heavy (non-hydrogen) atoms. The Hall–Kier alpha value is -1.05. The molecule has 0 bridgehead atoms. The number of benzene rings is 1. The first-order chi connectivity index (χ1) is 8.08. The molecule has 1 aliphatic rings. The zero-order chi connectivity index (χ0) is 12.4. The molecule has 94 valence electrons. The minimum absolute atomic E-state index is 0.0591. The van der Waals surface area contributed by atoms with Crippen LogP contribution in [0.25, 0.3) is 0 Å². The highest BCUT2D eigenvalue weighted by molar-refractivity contribution is 5.49. The number of hydrogen-bond donors (Lipinski definition) is 0. The van der Waals surface area contributed by atoms with E-state index in [0.29, 0.717) is 0 Å². The number of hydrogen-bond acceptors (Lipinski definition) is 1. The molecule has 1 aromatic carbocycles. The van der Waals surface area contributed by atoms with Crippen LogP contribution in [0.1, 0.15) is 45.1 Å². The van der Waals surface area contributed by atoms with Gasteiger partial charge in [0.1, 0.15) is 5.82 Å². The minimum Gasteiger partial charge on any atom is -0.371 e. The van der Waals surface area contributed by atoms with Crippen LogP contribution in [0.5, 0.6) is 0 Å². The van der Waals surface area contributed by atoms with Gasteiger partial charge in [0.25, 0.3) is 0 Å². The maximum Gasteiger partial charge on any atom is 0.128 e. The first-order valence-corrected chi connectivity index (χ1v) is 6.62. The van der Waals surface area contributed by atoms with Crippen LogP contribution < -0.4 is 4.90 Å². The molecule has 0 aliphatic carbocycles. The molecule has 0 saturated carbocycles. The highest BCUT2D eigenvalue weighted by atomic mass is 19.1. The Kier molecular flexibility index (Phi) is 3.70. The smallest absolute Gasteiger partial charge is 0.128 e. The predicted molar refractivity (Wildman–Crippen MR) is 71.1 cm³/mol. The third kappa shape index (κ3) is 2.80. The lowest BCUT2D eigenvalue weighted by Gasteiger charge is -2.32. The Morgan fingerprint density at radius 2 is 1.88 bits per heavy atom. The Morgan fingerprint density at radius 3 is 2.41 bits per heavy atom. The Morgan fingerprint density at radius 1 is 1.24 bits per heavy atom. The molecule has 0 spiro atoms. The number of anilines is 1. The fraction of sp³-hybridized carbons (Fsp3) is 0.600. The van der Waals surface area contributed by atoms with Crippen LogP contribution in [0, 0.1) is 11.7 Å². The molecule has 2 rings (SSSR count). The molecule has 0 unspecified atom stereocenters. The normalized spacial score (nSPS) is 17.8. The molecule has 0 radical (unpaired) electrons. The van der Waals surface area contributed by atoms with Gasteiger partial charge in [-0.05, 0) is 42.4 Å². The second-order valence-electron chi connectivity index (χ2n) is 5.53. The zero-order valence-electron chi connectivity index (χ0n) is 11.0. The summed E-state index contributed by atoms with van der Waals surface area (Å²) in [6, 6.07) is 5.70. The van der Waals surface area contributed by atoms with E-state index in [2.05, 4.69) is 17.9 Å². The van der Waals surface area contributed by atoms with Crippen molar-refractivity contribution in [3.8, 4) is 0 Å². The molecule has 1 aliphatic heterocycles. The molecule has 0 amide bonds. The van der Waals surface area contributed by atoms with Gasteiger partial charge in [-0.3, -0.25) is 0 Å². The highest BCUT2D eigenvalue weighted by Gasteiger charge is 2.17. The number of piperidine rings is 1. The molecule has 1 nitrogen and oxygen atoms in total. The van der Waals surface area contributed by atoms with E-state index < -0.39 is 0 Å². The predicted octanol–water partition coefficient (Wildman–Crippen LogP) is 4.19. The van der Waals surface area contributed by atoms with Crippen molar-refractivity contribution in [1.82, 2.24) is 0 Å². The van der Waals surface area contributed by atoms with Gasteiger partial charge in [-0.2, -0.15) is 0 Å². The van der Waals surface area contributed by atoms with Crippen molar-refractivity contribution in [2.75, 3.05) is 18.0 Å². The quantitative estimate of drug-likeness (QED) is 0.743. The fourth-order valence-corrected chi connectivity index (χ4v) is 2.45. The van der Waals surface area contributed by atoms with Gasteiger partial charge in [-0.25, -0.2) is 4.39 Å². The van der Waals surface area contributed by atoms with Crippen LogP contribution in [0.15, 0.2) is 18.2 Å². The molecule has 0 atom stereocenters. The topological polar surface area (TPSA) is 3.24 Å². The molecule has 2 heteroatoms. The van der Waals surface area contributed by atoms with Gasteiger partial charge in [0, 0.05) is 18.8 Å². The summed E-state index contributed by atoms with van der Waals surface area (Å²) in [5.74, 6) is 1.01. The Balaban J connectivity index is 2.14. The molecule has 1 aromatic rings. The minimum atomic E-state index is -0.0591. The summed E-state index contributed by atoms with van der Waals surface area (Å²) < 4.78 is 13.9. The van der Waals surface area contributed by atoms with E-state index in [4.69, 9.17) is 0 Å². The van der Waals surface area contributed by atoms with Crippen molar-refractivity contribution in [3.05, 3.63) is 29.6 Å². The lowest BCUT2D eigenvalue weighted by molar-refractivity contribution is 0.438. The SMILES string of the molecule is CC1CCN(c2ccc(C(C)C)c(F)c2)CC1. The maximum atomic E-state index is 13.9. The van der Waals surface area contributed by atoms with E-state index in [1.807, 2.05) is 19.9 Å². The van der Waals surface area contributed by atoms with Crippen molar-refractivity contribution < 1.29 is 4.39 Å². The largest absolute Gasteiger partial charge is 0.371 e. The van der Waals surface area contributed by atoms with E-state index in [1.165, 1.54) is 12.8 Å². The van der Waals surface area contributed by atoms with Crippen LogP contribution in [0.4, 0.5) is 10.1 Å². The summed E-state index contributed by atoms with van der Waals surface area (Å²) in [5.41, 5.74) is 1.86. The Bertz CT molecular complexity index is 379. The molecule has 1 saturated heterocycles. The van der Waals surface area contributed by atoms with Crippen LogP contribution in [0.3, 0.4) is 0 Å². The van der Waals surface area contributed by atoms with Crippen molar-refractivity contribution in [2.45, 2.75) is 39.5 Å². The van der Waals surface area contributed by atoms with Crippen molar-refractivity contribution in [2.24, 2.45) is 5.92 Å². The van der Waals surface area contributed by atoms with E-state index >= 15 is 0 Å². The lowest BCUT2D eigenvalue weighted by Crippen LogP contribution is -2.32. The van der Waals surface area contributed by atoms with Gasteiger partial charge in [0.15, 0.2) is 0 Å². The van der Waals surface area contributed by atoms with Crippen LogP contribution in [-0.4, -0.2) is 13.1 Å². The summed E-state index contributed by atoms with van der Waals surface area (Å²) in [6.07, 6.45) is 2.43. The number of rotatable bonds is 2. The summed E-state index contributed by atoms with van der Waals surface area (Å²) in [5, 5.41) is 0. The maximum absolute atomic E-state index is 13.9. The first-order valence-electron chi connectivity index (χ1n) is 6.62. The highest BCUT2D eigenvalue weighted by Crippen LogP contribution is 2.27. The molecule has 1 heterocycles. The lowest BCUT2D eigenvalue weighted by atomic mass is 9.98. The van der Waals surface area contributed by atoms with Crippen molar-refractivity contribution >= 4 is 5.69 Å². The van der Waals surface area contributed by atoms with Gasteiger partial charge in [-0.1, -0.05) is 26.8 Å². The molecule has 0 N–H and O–H groups in total. The average Bonchev–Trinajstić information content (AvgIpc) is 2.29. The van der Waals surface area contributed by atoms with Gasteiger partial charge in [0.05, 0.1) is 0 Å². The average molecular weight is 235 g/mol. The van der Waals surface area contributed by atoms with Crippen LogP contribution >= 0.6 is 0 Å². The monoisotopic (exact) mass is 235 g/mol. The zero-order valence-corrected chi connectivity index (χ0v) is 11.0. The molecular weight excluding hydrogens is 213 g/mol. The molecular formula is C15H22FN. The van der Waals surface area contributed by atoms with E-state index in [-0.39, 0.29) is 11.7 Å². The third-order valence-corrected chi connectivity index (χ3v) is 3.75. The van der Waals surface area contributed by atoms with Gasteiger partial charge in [0.2, 0.25) is 0 Å².